The molecule has 0 spiro atoms. The molecule has 4 heteroatoms. The van der Waals surface area contributed by atoms with E-state index in [0.717, 1.165) is 0 Å². The number of halogens is 1. The van der Waals surface area contributed by atoms with E-state index in [1.807, 2.05) is 6.07 Å². The van der Waals surface area contributed by atoms with Crippen molar-refractivity contribution >= 4 is 17.4 Å². The van der Waals surface area contributed by atoms with Crippen molar-refractivity contribution in [2.75, 3.05) is 7.11 Å². The molecule has 0 amide bonds. The average Bonchev–Trinajstić information content (AvgIpc) is 2.25. The SMILES string of the molecule is COc1ccc(Cl)cc1C(=O)CCC#N. The lowest BCUT2D eigenvalue weighted by Crippen LogP contribution is -2.01. The molecule has 0 fully saturated rings. The van der Waals surface area contributed by atoms with Crippen molar-refractivity contribution in [3.05, 3.63) is 28.8 Å². The van der Waals surface area contributed by atoms with E-state index < -0.39 is 0 Å². The van der Waals surface area contributed by atoms with Crippen molar-refractivity contribution in [3.63, 3.8) is 0 Å². The zero-order valence-electron chi connectivity index (χ0n) is 8.29. The maximum atomic E-state index is 11.6. The van der Waals surface area contributed by atoms with Crippen molar-refractivity contribution in [3.8, 4) is 11.8 Å². The van der Waals surface area contributed by atoms with Gasteiger partial charge in [-0.3, -0.25) is 4.79 Å². The van der Waals surface area contributed by atoms with E-state index in [1.54, 1.807) is 18.2 Å². The lowest BCUT2D eigenvalue weighted by Gasteiger charge is -2.06. The number of carbonyl (C=O) groups excluding carboxylic acids is 1. The van der Waals surface area contributed by atoms with Crippen LogP contribution in [0.15, 0.2) is 18.2 Å². The first-order valence-electron chi connectivity index (χ1n) is 4.42. The van der Waals surface area contributed by atoms with Crippen LogP contribution in [0.3, 0.4) is 0 Å². The van der Waals surface area contributed by atoms with Gasteiger partial charge in [0.2, 0.25) is 0 Å². The molecule has 1 aromatic carbocycles. The highest BCUT2D eigenvalue weighted by Gasteiger charge is 2.12. The largest absolute Gasteiger partial charge is 0.496 e. The number of benzene rings is 1. The van der Waals surface area contributed by atoms with Gasteiger partial charge in [-0.15, -0.1) is 0 Å². The van der Waals surface area contributed by atoms with Gasteiger partial charge in [-0.05, 0) is 18.2 Å². The third kappa shape index (κ3) is 2.97. The molecule has 0 atom stereocenters. The van der Waals surface area contributed by atoms with Gasteiger partial charge in [0.05, 0.1) is 18.7 Å². The Kier molecular flexibility index (Phi) is 4.14. The van der Waals surface area contributed by atoms with Crippen LogP contribution in [0, 0.1) is 11.3 Å². The van der Waals surface area contributed by atoms with E-state index >= 15 is 0 Å². The molecule has 0 N–H and O–H groups in total. The Hall–Kier alpha value is -1.53. The number of hydrogen-bond acceptors (Lipinski definition) is 3. The molecule has 78 valence electrons. The monoisotopic (exact) mass is 223 g/mol. The van der Waals surface area contributed by atoms with Crippen molar-refractivity contribution in [1.82, 2.24) is 0 Å². The minimum Gasteiger partial charge on any atom is -0.496 e. The molecule has 0 radical (unpaired) electrons. The van der Waals surface area contributed by atoms with E-state index in [2.05, 4.69) is 0 Å². The zero-order chi connectivity index (χ0) is 11.3. The van der Waals surface area contributed by atoms with Crippen LogP contribution in [0.2, 0.25) is 5.02 Å². The smallest absolute Gasteiger partial charge is 0.167 e. The maximum absolute atomic E-state index is 11.6. The van der Waals surface area contributed by atoms with Gasteiger partial charge in [-0.2, -0.15) is 5.26 Å². The number of hydrogen-bond donors (Lipinski definition) is 0. The van der Waals surface area contributed by atoms with Gasteiger partial charge in [0, 0.05) is 17.9 Å². The van der Waals surface area contributed by atoms with Gasteiger partial charge in [-0.1, -0.05) is 11.6 Å². The van der Waals surface area contributed by atoms with Crippen molar-refractivity contribution in [1.29, 1.82) is 5.26 Å². The number of rotatable bonds is 4. The molecule has 0 saturated carbocycles. The second kappa shape index (κ2) is 5.38. The normalized spacial score (nSPS) is 9.40. The Morgan fingerprint density at radius 1 is 1.60 bits per heavy atom. The summed E-state index contributed by atoms with van der Waals surface area (Å²) in [5, 5.41) is 8.87. The van der Waals surface area contributed by atoms with E-state index in [9.17, 15) is 4.79 Å². The maximum Gasteiger partial charge on any atom is 0.167 e. The predicted molar refractivity (Wildman–Crippen MR) is 57.2 cm³/mol. The minimum absolute atomic E-state index is 0.129. The summed E-state index contributed by atoms with van der Waals surface area (Å²) in [6, 6.07) is 6.78. The summed E-state index contributed by atoms with van der Waals surface area (Å²) >= 11 is 5.78. The molecular weight excluding hydrogens is 214 g/mol. The zero-order valence-corrected chi connectivity index (χ0v) is 9.04. The van der Waals surface area contributed by atoms with Crippen LogP contribution in [0.25, 0.3) is 0 Å². The highest BCUT2D eigenvalue weighted by Crippen LogP contribution is 2.24. The molecule has 1 aromatic rings. The van der Waals surface area contributed by atoms with E-state index in [0.29, 0.717) is 16.3 Å². The first kappa shape index (κ1) is 11.5. The van der Waals surface area contributed by atoms with Crippen molar-refractivity contribution < 1.29 is 9.53 Å². The number of Topliss-reactive ketones (excluding diaryl/α,β-unsaturated/α-hetero) is 1. The van der Waals surface area contributed by atoms with Crippen LogP contribution < -0.4 is 4.74 Å². The standard InChI is InChI=1S/C11H10ClNO2/c1-15-11-5-4-8(12)7-9(11)10(14)3-2-6-13/h4-5,7H,2-3H2,1H3. The fraction of sp³-hybridized carbons (Fsp3) is 0.273. The fourth-order valence-corrected chi connectivity index (χ4v) is 1.37. The lowest BCUT2D eigenvalue weighted by atomic mass is 10.1. The molecule has 3 nitrogen and oxygen atoms in total. The van der Waals surface area contributed by atoms with Crippen LogP contribution in [0.5, 0.6) is 5.75 Å². The summed E-state index contributed by atoms with van der Waals surface area (Å²) in [4.78, 5) is 11.6. The number of nitrogens with zero attached hydrogens (tertiary/aromatic N) is 1. The van der Waals surface area contributed by atoms with Crippen LogP contribution in [-0.2, 0) is 0 Å². The first-order chi connectivity index (χ1) is 7.19. The number of methoxy groups -OCH3 is 1. The van der Waals surface area contributed by atoms with Crippen molar-refractivity contribution in [2.24, 2.45) is 0 Å². The number of ketones is 1. The summed E-state index contributed by atoms with van der Waals surface area (Å²) in [7, 11) is 1.49. The highest BCUT2D eigenvalue weighted by atomic mass is 35.5. The minimum atomic E-state index is -0.129. The molecular formula is C11H10ClNO2. The first-order valence-corrected chi connectivity index (χ1v) is 4.80. The molecule has 0 unspecified atom stereocenters. The summed E-state index contributed by atoms with van der Waals surface area (Å²) in [6.07, 6.45) is 0.391. The Morgan fingerprint density at radius 3 is 2.93 bits per heavy atom. The molecule has 0 bridgehead atoms. The summed E-state index contributed by atoms with van der Waals surface area (Å²) in [5.41, 5.74) is 0.431. The van der Waals surface area contributed by atoms with E-state index in [-0.39, 0.29) is 18.6 Å². The van der Waals surface area contributed by atoms with E-state index in [4.69, 9.17) is 21.6 Å². The van der Waals surface area contributed by atoms with Gasteiger partial charge in [-0.25, -0.2) is 0 Å². The van der Waals surface area contributed by atoms with Gasteiger partial charge < -0.3 is 4.74 Å². The van der Waals surface area contributed by atoms with Gasteiger partial charge in [0.25, 0.3) is 0 Å². The van der Waals surface area contributed by atoms with E-state index in [1.165, 1.54) is 7.11 Å². The summed E-state index contributed by atoms with van der Waals surface area (Å²) in [5.74, 6) is 0.359. The summed E-state index contributed by atoms with van der Waals surface area (Å²) in [6.45, 7) is 0. The Bertz CT molecular complexity index is 410. The topological polar surface area (TPSA) is 50.1 Å². The average molecular weight is 224 g/mol. The molecule has 0 heterocycles. The van der Waals surface area contributed by atoms with Crippen LogP contribution in [0.1, 0.15) is 23.2 Å². The quantitative estimate of drug-likeness (QED) is 0.738. The second-order valence-electron chi connectivity index (χ2n) is 2.93. The third-order valence-corrected chi connectivity index (χ3v) is 2.16. The highest BCUT2D eigenvalue weighted by molar-refractivity contribution is 6.31. The fourth-order valence-electron chi connectivity index (χ4n) is 1.20. The second-order valence-corrected chi connectivity index (χ2v) is 3.36. The third-order valence-electron chi connectivity index (χ3n) is 1.93. The Balaban J connectivity index is 2.96. The van der Waals surface area contributed by atoms with Gasteiger partial charge in [0.1, 0.15) is 5.75 Å². The molecule has 0 aliphatic carbocycles. The van der Waals surface area contributed by atoms with Crippen LogP contribution >= 0.6 is 11.6 Å². The number of carbonyl (C=O) groups is 1. The Morgan fingerprint density at radius 2 is 2.33 bits per heavy atom. The van der Waals surface area contributed by atoms with Gasteiger partial charge in [0.15, 0.2) is 5.78 Å². The molecule has 0 aliphatic heterocycles. The Labute approximate surface area is 93.2 Å². The van der Waals surface area contributed by atoms with Crippen LogP contribution in [-0.4, -0.2) is 12.9 Å². The van der Waals surface area contributed by atoms with Crippen LogP contribution in [0.4, 0.5) is 0 Å². The number of nitriles is 1. The van der Waals surface area contributed by atoms with Gasteiger partial charge >= 0.3 is 0 Å². The predicted octanol–water partition coefficient (Wildman–Crippen LogP) is 2.84. The lowest BCUT2D eigenvalue weighted by molar-refractivity contribution is 0.0981. The number of ether oxygens (including phenoxy) is 1. The molecule has 0 saturated heterocycles. The van der Waals surface area contributed by atoms with Crippen molar-refractivity contribution in [2.45, 2.75) is 12.8 Å². The molecule has 0 aromatic heterocycles. The molecule has 0 aliphatic rings. The molecule has 15 heavy (non-hydrogen) atoms. The molecule has 1 rings (SSSR count). The summed E-state index contributed by atoms with van der Waals surface area (Å²) < 4.78 is 5.04.